The van der Waals surface area contributed by atoms with Crippen molar-refractivity contribution in [1.82, 2.24) is 25.8 Å². The molecule has 5 fully saturated rings. The molecule has 0 aromatic heterocycles. The molecule has 9 rings (SSSR count). The molecule has 4 aromatic rings. The Morgan fingerprint density at radius 1 is 0.475 bits per heavy atom. The van der Waals surface area contributed by atoms with Crippen LogP contribution in [0.2, 0.25) is 0 Å². The van der Waals surface area contributed by atoms with Gasteiger partial charge in [0.15, 0.2) is 0 Å². The van der Waals surface area contributed by atoms with E-state index in [1.165, 1.54) is 16.7 Å². The fourth-order valence-electron chi connectivity index (χ4n) is 9.76. The minimum atomic E-state index is -0.689. The first-order valence-electron chi connectivity index (χ1n) is 21.5. The molecule has 3 N–H and O–H groups in total. The quantitative estimate of drug-likeness (QED) is 0.156. The van der Waals surface area contributed by atoms with E-state index in [2.05, 4.69) is 59.3 Å². The summed E-state index contributed by atoms with van der Waals surface area (Å²) in [7, 11) is 0. The first-order chi connectivity index (χ1) is 28.7. The SMILES string of the molecule is CCCC1CN(C(=O)c2ccc(C(=O)N3C[C@@H](C(=O)N[C@H]4C[C@@H]4c4ccccc4)[C@H](C(=O)N[C@H]4C[C@@H]4c4ccccc4)C3)cc2)CC1C(=O)N[C@H]1C[C@@H]1c1ccccc1. The standard InChI is InChI=1S/C49H53N5O5/c1-2-12-35-26-53(27-39(35)45(55)50-42-23-36(42)30-13-6-3-7-14-30)48(58)33-19-21-34(22-20-33)49(59)54-28-40(46(56)51-43-24-37(43)31-15-8-4-9-16-31)41(29-54)47(57)52-44-25-38(44)32-17-10-5-11-18-32/h3-11,13-22,35-44H,2,12,23-29H2,1H3,(H,50,55)(H,51,56)(H,52,57)/t35?,36-,37-,38-,39?,40-,41-,42+,43+,44+/m1/s1. The van der Waals surface area contributed by atoms with Gasteiger partial charge >= 0.3 is 0 Å². The molecule has 10 nitrogen and oxygen atoms in total. The first kappa shape index (κ1) is 38.7. The van der Waals surface area contributed by atoms with E-state index in [-0.39, 0.29) is 84.4 Å². The van der Waals surface area contributed by atoms with Crippen LogP contribution >= 0.6 is 0 Å². The van der Waals surface area contributed by atoms with Gasteiger partial charge in [0, 0.05) is 73.2 Å². The van der Waals surface area contributed by atoms with Gasteiger partial charge in [-0.15, -0.1) is 0 Å². The van der Waals surface area contributed by atoms with E-state index in [1.807, 2.05) is 54.6 Å². The highest BCUT2D eigenvalue weighted by Gasteiger charge is 2.49. The van der Waals surface area contributed by atoms with Crippen LogP contribution < -0.4 is 16.0 Å². The summed E-state index contributed by atoms with van der Waals surface area (Å²) < 4.78 is 0. The average Bonchev–Trinajstić information content (AvgIpc) is 4.24. The second-order valence-electron chi connectivity index (χ2n) is 17.5. The number of carbonyl (C=O) groups is 5. The Morgan fingerprint density at radius 2 is 0.814 bits per heavy atom. The highest BCUT2D eigenvalue weighted by Crippen LogP contribution is 2.43. The number of benzene rings is 4. The third-order valence-electron chi connectivity index (χ3n) is 13.4. The van der Waals surface area contributed by atoms with Crippen molar-refractivity contribution < 1.29 is 24.0 Å². The summed E-state index contributed by atoms with van der Waals surface area (Å²) in [6.45, 7) is 3.23. The largest absolute Gasteiger partial charge is 0.352 e. The van der Waals surface area contributed by atoms with Crippen LogP contribution in [0.4, 0.5) is 0 Å². The monoisotopic (exact) mass is 791 g/mol. The van der Waals surface area contributed by atoms with Crippen LogP contribution in [0.15, 0.2) is 115 Å². The van der Waals surface area contributed by atoms with Crippen LogP contribution in [0.3, 0.4) is 0 Å². The summed E-state index contributed by atoms with van der Waals surface area (Å²) in [5.41, 5.74) is 4.44. The molecule has 5 amide bonds. The summed E-state index contributed by atoms with van der Waals surface area (Å²) >= 11 is 0. The lowest BCUT2D eigenvalue weighted by molar-refractivity contribution is -0.133. The zero-order valence-electron chi connectivity index (χ0n) is 33.5. The van der Waals surface area contributed by atoms with Crippen LogP contribution in [0.1, 0.15) is 94.2 Å². The molecule has 10 heteroatoms. The van der Waals surface area contributed by atoms with Crippen molar-refractivity contribution in [3.63, 3.8) is 0 Å². The van der Waals surface area contributed by atoms with Gasteiger partial charge in [0.25, 0.3) is 11.8 Å². The predicted molar refractivity (Wildman–Crippen MR) is 224 cm³/mol. The van der Waals surface area contributed by atoms with Gasteiger partial charge < -0.3 is 25.8 Å². The number of nitrogens with zero attached hydrogens (tertiary/aromatic N) is 2. The van der Waals surface area contributed by atoms with Gasteiger partial charge in [-0.05, 0) is 72.6 Å². The smallest absolute Gasteiger partial charge is 0.253 e. The number of nitrogens with one attached hydrogen (secondary N) is 3. The maximum absolute atomic E-state index is 14.0. The molecule has 59 heavy (non-hydrogen) atoms. The van der Waals surface area contributed by atoms with Crippen LogP contribution in [0.25, 0.3) is 0 Å². The number of rotatable bonds is 13. The van der Waals surface area contributed by atoms with E-state index in [0.717, 1.165) is 32.1 Å². The van der Waals surface area contributed by atoms with E-state index >= 15 is 0 Å². The van der Waals surface area contributed by atoms with Crippen LogP contribution in [0, 0.1) is 23.7 Å². The fourth-order valence-corrected chi connectivity index (χ4v) is 9.76. The lowest BCUT2D eigenvalue weighted by Gasteiger charge is -2.18. The molecule has 5 aliphatic rings. The van der Waals surface area contributed by atoms with Crippen molar-refractivity contribution >= 4 is 29.5 Å². The number of likely N-dealkylation sites (tertiary alicyclic amines) is 2. The van der Waals surface area contributed by atoms with E-state index < -0.39 is 11.8 Å². The third-order valence-corrected chi connectivity index (χ3v) is 13.4. The summed E-state index contributed by atoms with van der Waals surface area (Å²) in [5.74, 6) is -1.58. The highest BCUT2D eigenvalue weighted by molar-refractivity contribution is 5.99. The summed E-state index contributed by atoms with van der Waals surface area (Å²) in [6.07, 6.45) is 4.40. The van der Waals surface area contributed by atoms with Gasteiger partial charge in [-0.3, -0.25) is 24.0 Å². The van der Waals surface area contributed by atoms with Gasteiger partial charge in [0.1, 0.15) is 0 Å². The van der Waals surface area contributed by atoms with E-state index in [9.17, 15) is 24.0 Å². The maximum atomic E-state index is 14.0. The Labute approximate surface area is 346 Å². The topological polar surface area (TPSA) is 128 Å². The van der Waals surface area contributed by atoms with Crippen molar-refractivity contribution in [3.8, 4) is 0 Å². The third kappa shape index (κ3) is 8.40. The predicted octanol–water partition coefficient (Wildman–Crippen LogP) is 5.88. The Morgan fingerprint density at radius 3 is 1.19 bits per heavy atom. The van der Waals surface area contributed by atoms with E-state index in [4.69, 9.17) is 0 Å². The molecule has 3 aliphatic carbocycles. The van der Waals surface area contributed by atoms with Crippen LogP contribution in [-0.4, -0.2) is 83.6 Å². The Hall–Kier alpha value is -5.77. The van der Waals surface area contributed by atoms with Crippen molar-refractivity contribution in [2.75, 3.05) is 26.2 Å². The minimum absolute atomic E-state index is 0.00273. The van der Waals surface area contributed by atoms with Gasteiger partial charge in [-0.2, -0.15) is 0 Å². The lowest BCUT2D eigenvalue weighted by Crippen LogP contribution is -2.43. The summed E-state index contributed by atoms with van der Waals surface area (Å²) in [5, 5.41) is 9.66. The molecule has 3 saturated carbocycles. The molecule has 10 atom stereocenters. The molecule has 0 radical (unpaired) electrons. The van der Waals surface area contributed by atoms with Crippen molar-refractivity contribution in [1.29, 1.82) is 0 Å². The summed E-state index contributed by atoms with van der Waals surface area (Å²) in [4.78, 5) is 72.6. The van der Waals surface area contributed by atoms with E-state index in [1.54, 1.807) is 34.1 Å². The zero-order valence-corrected chi connectivity index (χ0v) is 33.5. The number of hydrogen-bond acceptors (Lipinski definition) is 5. The molecule has 304 valence electrons. The van der Waals surface area contributed by atoms with Crippen molar-refractivity contribution in [2.24, 2.45) is 23.7 Å². The first-order valence-corrected chi connectivity index (χ1v) is 21.5. The number of carbonyl (C=O) groups excluding carboxylic acids is 5. The average molecular weight is 792 g/mol. The maximum Gasteiger partial charge on any atom is 0.253 e. The molecular weight excluding hydrogens is 739 g/mol. The number of hydrogen-bond donors (Lipinski definition) is 3. The summed E-state index contributed by atoms with van der Waals surface area (Å²) in [6, 6.07) is 37.3. The Kier molecular flexibility index (Phi) is 10.8. The lowest BCUT2D eigenvalue weighted by atomic mass is 9.91. The zero-order chi connectivity index (χ0) is 40.6. The van der Waals surface area contributed by atoms with Crippen LogP contribution in [0.5, 0.6) is 0 Å². The van der Waals surface area contributed by atoms with Gasteiger partial charge in [0.2, 0.25) is 17.7 Å². The number of amides is 5. The molecule has 4 aromatic carbocycles. The second kappa shape index (κ2) is 16.5. The molecule has 2 saturated heterocycles. The minimum Gasteiger partial charge on any atom is -0.352 e. The Bertz CT molecular complexity index is 2110. The molecule has 2 unspecified atom stereocenters. The highest BCUT2D eigenvalue weighted by atomic mass is 16.2. The van der Waals surface area contributed by atoms with Crippen LogP contribution in [-0.2, 0) is 14.4 Å². The van der Waals surface area contributed by atoms with E-state index in [0.29, 0.717) is 30.1 Å². The molecule has 2 aliphatic heterocycles. The molecular formula is C49H53N5O5. The fraction of sp³-hybridized carbons (Fsp3) is 0.408. The van der Waals surface area contributed by atoms with Gasteiger partial charge in [-0.1, -0.05) is 104 Å². The van der Waals surface area contributed by atoms with Gasteiger partial charge in [-0.25, -0.2) is 0 Å². The van der Waals surface area contributed by atoms with Crippen molar-refractivity contribution in [3.05, 3.63) is 143 Å². The second-order valence-corrected chi connectivity index (χ2v) is 17.5. The van der Waals surface area contributed by atoms with Crippen molar-refractivity contribution in [2.45, 2.75) is 74.9 Å². The molecule has 0 bridgehead atoms. The normalized spacial score (nSPS) is 29.0. The molecule has 2 heterocycles. The van der Waals surface area contributed by atoms with Gasteiger partial charge in [0.05, 0.1) is 17.8 Å². The Balaban J connectivity index is 0.838. The molecule has 0 spiro atoms.